The summed E-state index contributed by atoms with van der Waals surface area (Å²) in [7, 11) is 1.63. The fourth-order valence-corrected chi connectivity index (χ4v) is 2.34. The van der Waals surface area contributed by atoms with Crippen LogP contribution in [0.2, 0.25) is 0 Å². The van der Waals surface area contributed by atoms with Crippen molar-refractivity contribution in [2.75, 3.05) is 13.7 Å². The molecule has 0 spiro atoms. The van der Waals surface area contributed by atoms with Crippen molar-refractivity contribution >= 4 is 11.3 Å². The number of nitrogens with two attached hydrogens (primary N) is 1. The van der Waals surface area contributed by atoms with Crippen LogP contribution in [0.25, 0.3) is 0 Å². The lowest BCUT2D eigenvalue weighted by atomic mass is 10.3. The molecule has 0 bridgehead atoms. The van der Waals surface area contributed by atoms with Gasteiger partial charge in [0.05, 0.1) is 18.5 Å². The molecule has 1 aromatic heterocycles. The van der Waals surface area contributed by atoms with Gasteiger partial charge in [-0.1, -0.05) is 24.0 Å². The Balaban J connectivity index is 2.00. The molecule has 98 valence electrons. The SMILES string of the molecule is COc1ccccc1OCc1ccc(C#CCN)s1. The van der Waals surface area contributed by atoms with Crippen molar-refractivity contribution in [1.82, 2.24) is 0 Å². The van der Waals surface area contributed by atoms with Gasteiger partial charge in [-0.2, -0.15) is 0 Å². The van der Waals surface area contributed by atoms with Gasteiger partial charge in [0.1, 0.15) is 6.61 Å². The summed E-state index contributed by atoms with van der Waals surface area (Å²) in [5, 5.41) is 0. The Morgan fingerprint density at radius 3 is 2.68 bits per heavy atom. The molecule has 1 aromatic carbocycles. The quantitative estimate of drug-likeness (QED) is 0.871. The van der Waals surface area contributed by atoms with E-state index in [9.17, 15) is 0 Å². The number of para-hydroxylation sites is 2. The van der Waals surface area contributed by atoms with E-state index in [1.165, 1.54) is 0 Å². The molecule has 0 amide bonds. The van der Waals surface area contributed by atoms with Crippen LogP contribution in [0.5, 0.6) is 11.5 Å². The predicted octanol–water partition coefficient (Wildman–Crippen LogP) is 2.65. The van der Waals surface area contributed by atoms with E-state index in [2.05, 4.69) is 11.8 Å². The van der Waals surface area contributed by atoms with Gasteiger partial charge < -0.3 is 15.2 Å². The van der Waals surface area contributed by atoms with Crippen LogP contribution in [0.1, 0.15) is 9.75 Å². The second kappa shape index (κ2) is 6.83. The summed E-state index contributed by atoms with van der Waals surface area (Å²) in [5.74, 6) is 7.33. The van der Waals surface area contributed by atoms with Gasteiger partial charge in [0, 0.05) is 4.88 Å². The molecule has 0 aliphatic heterocycles. The van der Waals surface area contributed by atoms with Gasteiger partial charge in [0.2, 0.25) is 0 Å². The average Bonchev–Trinajstić information content (AvgIpc) is 2.91. The van der Waals surface area contributed by atoms with E-state index in [0.717, 1.165) is 21.3 Å². The maximum absolute atomic E-state index is 5.74. The Bertz CT molecular complexity index is 595. The molecule has 0 aliphatic rings. The van der Waals surface area contributed by atoms with Crippen molar-refractivity contribution < 1.29 is 9.47 Å². The summed E-state index contributed by atoms with van der Waals surface area (Å²) in [6.07, 6.45) is 0. The van der Waals surface area contributed by atoms with Crippen molar-refractivity contribution in [2.24, 2.45) is 5.73 Å². The summed E-state index contributed by atoms with van der Waals surface area (Å²) < 4.78 is 11.0. The molecule has 4 heteroatoms. The highest BCUT2D eigenvalue weighted by molar-refractivity contribution is 7.12. The Kier molecular flexibility index (Phi) is 4.85. The van der Waals surface area contributed by atoms with Crippen LogP contribution in [-0.4, -0.2) is 13.7 Å². The molecule has 1 heterocycles. The highest BCUT2D eigenvalue weighted by Crippen LogP contribution is 2.27. The molecule has 0 radical (unpaired) electrons. The first-order valence-electron chi connectivity index (χ1n) is 5.87. The van der Waals surface area contributed by atoms with Crippen LogP contribution < -0.4 is 15.2 Å². The van der Waals surface area contributed by atoms with Gasteiger partial charge in [0.15, 0.2) is 11.5 Å². The molecule has 3 nitrogen and oxygen atoms in total. The zero-order chi connectivity index (χ0) is 13.5. The van der Waals surface area contributed by atoms with Crippen LogP contribution in [0.4, 0.5) is 0 Å². The summed E-state index contributed by atoms with van der Waals surface area (Å²) >= 11 is 1.61. The monoisotopic (exact) mass is 273 g/mol. The predicted molar refractivity (Wildman–Crippen MR) is 77.6 cm³/mol. The highest BCUT2D eigenvalue weighted by Gasteiger charge is 2.04. The molecule has 19 heavy (non-hydrogen) atoms. The third-order valence-electron chi connectivity index (χ3n) is 2.41. The van der Waals surface area contributed by atoms with E-state index < -0.39 is 0 Å². The van der Waals surface area contributed by atoms with Gasteiger partial charge in [-0.25, -0.2) is 0 Å². The minimum atomic E-state index is 0.380. The van der Waals surface area contributed by atoms with Gasteiger partial charge >= 0.3 is 0 Å². The fraction of sp³-hybridized carbons (Fsp3) is 0.200. The molecule has 2 aromatic rings. The van der Waals surface area contributed by atoms with E-state index in [1.54, 1.807) is 18.4 Å². The molecular weight excluding hydrogens is 258 g/mol. The Morgan fingerprint density at radius 2 is 1.95 bits per heavy atom. The number of hydrogen-bond donors (Lipinski definition) is 1. The van der Waals surface area contributed by atoms with Crippen molar-refractivity contribution in [3.63, 3.8) is 0 Å². The van der Waals surface area contributed by atoms with Crippen molar-refractivity contribution in [3.05, 3.63) is 46.2 Å². The van der Waals surface area contributed by atoms with Crippen LogP contribution in [-0.2, 0) is 6.61 Å². The zero-order valence-corrected chi connectivity index (χ0v) is 11.5. The lowest BCUT2D eigenvalue weighted by molar-refractivity contribution is 0.287. The summed E-state index contributed by atoms with van der Waals surface area (Å²) in [5.41, 5.74) is 5.34. The second-order valence-corrected chi connectivity index (χ2v) is 4.88. The minimum Gasteiger partial charge on any atom is -0.493 e. The van der Waals surface area contributed by atoms with Crippen LogP contribution in [0.15, 0.2) is 36.4 Å². The summed E-state index contributed by atoms with van der Waals surface area (Å²) in [4.78, 5) is 2.12. The topological polar surface area (TPSA) is 44.5 Å². The number of methoxy groups -OCH3 is 1. The average molecular weight is 273 g/mol. The van der Waals surface area contributed by atoms with E-state index >= 15 is 0 Å². The summed E-state index contributed by atoms with van der Waals surface area (Å²) in [6, 6.07) is 11.6. The summed E-state index contributed by atoms with van der Waals surface area (Å²) in [6.45, 7) is 0.889. The van der Waals surface area contributed by atoms with Gasteiger partial charge in [-0.15, -0.1) is 11.3 Å². The number of thiophene rings is 1. The fourth-order valence-electron chi connectivity index (χ4n) is 1.55. The first-order valence-corrected chi connectivity index (χ1v) is 6.68. The smallest absolute Gasteiger partial charge is 0.161 e. The Morgan fingerprint density at radius 1 is 1.16 bits per heavy atom. The molecular formula is C15H15NO2S. The van der Waals surface area contributed by atoms with Crippen molar-refractivity contribution in [2.45, 2.75) is 6.61 Å². The molecule has 0 atom stereocenters. The third kappa shape index (κ3) is 3.75. The van der Waals surface area contributed by atoms with E-state index in [1.807, 2.05) is 36.4 Å². The van der Waals surface area contributed by atoms with Gasteiger partial charge in [-0.3, -0.25) is 0 Å². The highest BCUT2D eigenvalue weighted by atomic mass is 32.1. The Hall–Kier alpha value is -1.96. The zero-order valence-electron chi connectivity index (χ0n) is 10.7. The van der Waals surface area contributed by atoms with Crippen molar-refractivity contribution in [3.8, 4) is 23.3 Å². The number of hydrogen-bond acceptors (Lipinski definition) is 4. The second-order valence-electron chi connectivity index (χ2n) is 3.71. The third-order valence-corrected chi connectivity index (χ3v) is 3.39. The van der Waals surface area contributed by atoms with Gasteiger partial charge in [-0.05, 0) is 24.3 Å². The van der Waals surface area contributed by atoms with E-state index in [4.69, 9.17) is 15.2 Å². The molecule has 0 fully saturated rings. The van der Waals surface area contributed by atoms with Crippen molar-refractivity contribution in [1.29, 1.82) is 0 Å². The molecule has 0 aliphatic carbocycles. The first-order chi connectivity index (χ1) is 9.33. The normalized spacial score (nSPS) is 9.58. The Labute approximate surface area is 117 Å². The molecule has 0 saturated heterocycles. The number of ether oxygens (including phenoxy) is 2. The molecule has 0 unspecified atom stereocenters. The van der Waals surface area contributed by atoms with E-state index in [0.29, 0.717) is 13.2 Å². The maximum atomic E-state index is 5.74. The van der Waals surface area contributed by atoms with Crippen LogP contribution in [0.3, 0.4) is 0 Å². The van der Waals surface area contributed by atoms with E-state index in [-0.39, 0.29) is 0 Å². The van der Waals surface area contributed by atoms with Crippen LogP contribution >= 0.6 is 11.3 Å². The molecule has 0 saturated carbocycles. The standard InChI is InChI=1S/C15H15NO2S/c1-17-14-6-2-3-7-15(14)18-11-13-9-8-12(19-13)5-4-10-16/h2-3,6-9H,10-11,16H2,1H3. The maximum Gasteiger partial charge on any atom is 0.161 e. The van der Waals surface area contributed by atoms with Gasteiger partial charge in [0.25, 0.3) is 0 Å². The van der Waals surface area contributed by atoms with Crippen LogP contribution in [0, 0.1) is 11.8 Å². The number of benzene rings is 1. The minimum absolute atomic E-state index is 0.380. The molecule has 2 rings (SSSR count). The largest absolute Gasteiger partial charge is 0.493 e. The molecule has 2 N–H and O–H groups in total. The lowest BCUT2D eigenvalue weighted by Crippen LogP contribution is -1.95. The first kappa shape index (κ1) is 13.5. The lowest BCUT2D eigenvalue weighted by Gasteiger charge is -2.08. The number of rotatable bonds is 4.